The van der Waals surface area contributed by atoms with Gasteiger partial charge in [0.25, 0.3) is 0 Å². The summed E-state index contributed by atoms with van der Waals surface area (Å²) in [7, 11) is 0. The molecule has 0 saturated heterocycles. The van der Waals surface area contributed by atoms with Crippen molar-refractivity contribution in [1.29, 1.82) is 0 Å². The summed E-state index contributed by atoms with van der Waals surface area (Å²) in [5, 5.41) is 2.14. The Bertz CT molecular complexity index is 204. The molecule has 0 aliphatic carbocycles. The van der Waals surface area contributed by atoms with Crippen LogP contribution in [0.5, 0.6) is 0 Å². The van der Waals surface area contributed by atoms with Gasteiger partial charge in [-0.1, -0.05) is 13.8 Å². The normalized spacial score (nSPS) is 14.1. The fourth-order valence-electron chi connectivity index (χ4n) is 1.05. The molecular weight excluding hydrogens is 211 g/mol. The summed E-state index contributed by atoms with van der Waals surface area (Å²) in [5.74, 6) is -0.886. The number of esters is 1. The first-order chi connectivity index (χ1) is 6.78. The number of hydrogen-bond acceptors (Lipinski definition) is 3. The second-order valence-electron chi connectivity index (χ2n) is 3.47. The van der Waals surface area contributed by atoms with Crippen LogP contribution in [0.15, 0.2) is 0 Å². The van der Waals surface area contributed by atoms with Crippen LogP contribution < -0.4 is 5.32 Å². The number of rotatable bonds is 5. The summed E-state index contributed by atoms with van der Waals surface area (Å²) >= 11 is 0. The van der Waals surface area contributed by atoms with Gasteiger partial charge in [-0.25, -0.2) is 0 Å². The van der Waals surface area contributed by atoms with Crippen LogP contribution in [0.25, 0.3) is 0 Å². The molecule has 15 heavy (non-hydrogen) atoms. The summed E-state index contributed by atoms with van der Waals surface area (Å²) in [6, 6.07) is -0.911. The molecule has 1 unspecified atom stereocenters. The van der Waals surface area contributed by atoms with Gasteiger partial charge in [0.15, 0.2) is 0 Å². The molecule has 6 heteroatoms. The van der Waals surface area contributed by atoms with Crippen molar-refractivity contribution in [2.75, 3.05) is 13.2 Å². The first-order valence-corrected chi connectivity index (χ1v) is 4.74. The molecule has 0 radical (unpaired) electrons. The van der Waals surface area contributed by atoms with Gasteiger partial charge in [-0.3, -0.25) is 10.1 Å². The largest absolute Gasteiger partial charge is 0.465 e. The van der Waals surface area contributed by atoms with E-state index >= 15 is 0 Å². The molecular formula is C9H16F3NO2. The molecule has 0 heterocycles. The number of carbonyl (C=O) groups excluding carboxylic acids is 1. The van der Waals surface area contributed by atoms with Crippen molar-refractivity contribution in [3.8, 4) is 0 Å². The van der Waals surface area contributed by atoms with Gasteiger partial charge in [-0.2, -0.15) is 13.2 Å². The Morgan fingerprint density at radius 2 is 1.93 bits per heavy atom. The SMILES string of the molecule is CCOC(=O)C(NCC(F)(F)F)C(C)C. The van der Waals surface area contributed by atoms with Crippen LogP contribution in [0.1, 0.15) is 20.8 Å². The monoisotopic (exact) mass is 227 g/mol. The smallest absolute Gasteiger partial charge is 0.401 e. The zero-order valence-electron chi connectivity index (χ0n) is 9.02. The predicted octanol–water partition coefficient (Wildman–Crippen LogP) is 1.73. The van der Waals surface area contributed by atoms with E-state index in [1.807, 2.05) is 0 Å². The van der Waals surface area contributed by atoms with E-state index in [0.29, 0.717) is 0 Å². The third-order valence-electron chi connectivity index (χ3n) is 1.73. The molecule has 3 nitrogen and oxygen atoms in total. The molecule has 1 N–H and O–H groups in total. The third-order valence-corrected chi connectivity index (χ3v) is 1.73. The minimum absolute atomic E-state index is 0.162. The highest BCUT2D eigenvalue weighted by Crippen LogP contribution is 2.14. The van der Waals surface area contributed by atoms with E-state index in [1.165, 1.54) is 0 Å². The Kier molecular flexibility index (Phi) is 5.64. The van der Waals surface area contributed by atoms with Crippen molar-refractivity contribution in [3.05, 3.63) is 0 Å². The number of ether oxygens (including phenoxy) is 1. The maximum Gasteiger partial charge on any atom is 0.401 e. The molecule has 0 aliphatic rings. The van der Waals surface area contributed by atoms with Crippen molar-refractivity contribution < 1.29 is 22.7 Å². The minimum atomic E-state index is -4.32. The average Bonchev–Trinajstić information content (AvgIpc) is 2.01. The van der Waals surface area contributed by atoms with E-state index in [1.54, 1.807) is 20.8 Å². The first-order valence-electron chi connectivity index (χ1n) is 4.74. The molecule has 0 saturated carbocycles. The van der Waals surface area contributed by atoms with Gasteiger partial charge in [0, 0.05) is 0 Å². The molecule has 0 aliphatic heterocycles. The summed E-state index contributed by atoms with van der Waals surface area (Å²) in [6.07, 6.45) is -4.32. The summed E-state index contributed by atoms with van der Waals surface area (Å²) in [5.41, 5.74) is 0. The van der Waals surface area contributed by atoms with Crippen molar-refractivity contribution in [2.45, 2.75) is 33.0 Å². The van der Waals surface area contributed by atoms with Crippen LogP contribution in [0.3, 0.4) is 0 Å². The fourth-order valence-corrected chi connectivity index (χ4v) is 1.05. The van der Waals surface area contributed by atoms with E-state index in [9.17, 15) is 18.0 Å². The zero-order valence-corrected chi connectivity index (χ0v) is 9.02. The Morgan fingerprint density at radius 3 is 2.27 bits per heavy atom. The van der Waals surface area contributed by atoms with Crippen LogP contribution >= 0.6 is 0 Å². The zero-order chi connectivity index (χ0) is 12.1. The third kappa shape index (κ3) is 6.33. The Labute approximate surface area is 87.0 Å². The molecule has 0 bridgehead atoms. The molecule has 90 valence electrons. The standard InChI is InChI=1S/C9H16F3NO2/c1-4-15-8(14)7(6(2)3)13-5-9(10,11)12/h6-7,13H,4-5H2,1-3H3. The van der Waals surface area contributed by atoms with Gasteiger partial charge in [-0.05, 0) is 12.8 Å². The first kappa shape index (κ1) is 14.2. The molecule has 0 aromatic rings. The maximum absolute atomic E-state index is 11.9. The van der Waals surface area contributed by atoms with E-state index in [4.69, 9.17) is 0 Å². The molecule has 0 fully saturated rings. The predicted molar refractivity (Wildman–Crippen MR) is 49.3 cm³/mol. The van der Waals surface area contributed by atoms with Gasteiger partial charge in [0.1, 0.15) is 6.04 Å². The maximum atomic E-state index is 11.9. The van der Waals surface area contributed by atoms with Gasteiger partial charge in [-0.15, -0.1) is 0 Å². The Hall–Kier alpha value is -0.780. The van der Waals surface area contributed by atoms with Crippen molar-refractivity contribution in [3.63, 3.8) is 0 Å². The van der Waals surface area contributed by atoms with Gasteiger partial charge in [0.2, 0.25) is 0 Å². The minimum Gasteiger partial charge on any atom is -0.465 e. The summed E-state index contributed by atoms with van der Waals surface area (Å²) < 4.78 is 40.4. The molecule has 0 aromatic carbocycles. The van der Waals surface area contributed by atoms with Crippen molar-refractivity contribution >= 4 is 5.97 Å². The molecule has 0 spiro atoms. The van der Waals surface area contributed by atoms with Crippen LogP contribution in [-0.4, -0.2) is 31.3 Å². The quantitative estimate of drug-likeness (QED) is 0.727. The number of carbonyl (C=O) groups is 1. The van der Waals surface area contributed by atoms with Crippen LogP contribution in [0.2, 0.25) is 0 Å². The second-order valence-corrected chi connectivity index (χ2v) is 3.47. The van der Waals surface area contributed by atoms with E-state index in [-0.39, 0.29) is 12.5 Å². The lowest BCUT2D eigenvalue weighted by Gasteiger charge is -2.21. The van der Waals surface area contributed by atoms with Gasteiger partial charge >= 0.3 is 12.1 Å². The molecule has 1 atom stereocenters. The fraction of sp³-hybridized carbons (Fsp3) is 0.889. The summed E-state index contributed by atoms with van der Waals surface area (Å²) in [4.78, 5) is 11.2. The number of alkyl halides is 3. The van der Waals surface area contributed by atoms with Gasteiger partial charge < -0.3 is 4.74 Å². The van der Waals surface area contributed by atoms with Crippen molar-refractivity contribution in [1.82, 2.24) is 5.32 Å². The highest BCUT2D eigenvalue weighted by Gasteiger charge is 2.31. The van der Waals surface area contributed by atoms with E-state index in [0.717, 1.165) is 0 Å². The highest BCUT2D eigenvalue weighted by atomic mass is 19.4. The summed E-state index contributed by atoms with van der Waals surface area (Å²) in [6.45, 7) is 3.90. The topological polar surface area (TPSA) is 38.3 Å². The second kappa shape index (κ2) is 5.95. The Balaban J connectivity index is 4.23. The van der Waals surface area contributed by atoms with Crippen molar-refractivity contribution in [2.24, 2.45) is 5.92 Å². The Morgan fingerprint density at radius 1 is 1.40 bits per heavy atom. The molecule has 0 aromatic heterocycles. The van der Waals surface area contributed by atoms with E-state index < -0.39 is 24.7 Å². The van der Waals surface area contributed by atoms with Crippen LogP contribution in [-0.2, 0) is 9.53 Å². The molecule has 0 rings (SSSR count). The highest BCUT2D eigenvalue weighted by molar-refractivity contribution is 5.76. The number of nitrogens with one attached hydrogen (secondary N) is 1. The van der Waals surface area contributed by atoms with Crippen LogP contribution in [0.4, 0.5) is 13.2 Å². The molecule has 0 amide bonds. The lowest BCUT2D eigenvalue weighted by molar-refractivity contribution is -0.150. The average molecular weight is 227 g/mol. The van der Waals surface area contributed by atoms with Crippen LogP contribution in [0, 0.1) is 5.92 Å². The lowest BCUT2D eigenvalue weighted by Crippen LogP contribution is -2.46. The number of halogens is 3. The van der Waals surface area contributed by atoms with Gasteiger partial charge in [0.05, 0.1) is 13.2 Å². The lowest BCUT2D eigenvalue weighted by atomic mass is 10.0. The van der Waals surface area contributed by atoms with E-state index in [2.05, 4.69) is 10.1 Å². The number of hydrogen-bond donors (Lipinski definition) is 1.